The summed E-state index contributed by atoms with van der Waals surface area (Å²) >= 11 is 0. The molecule has 0 aliphatic carbocycles. The molecule has 104 valence electrons. The highest BCUT2D eigenvalue weighted by atomic mass is 16.5. The molecule has 20 heavy (non-hydrogen) atoms. The van der Waals surface area contributed by atoms with Gasteiger partial charge in [-0.1, -0.05) is 0 Å². The second kappa shape index (κ2) is 5.13. The van der Waals surface area contributed by atoms with E-state index in [1.807, 2.05) is 30.5 Å². The van der Waals surface area contributed by atoms with E-state index in [9.17, 15) is 0 Å². The van der Waals surface area contributed by atoms with Gasteiger partial charge in [-0.15, -0.1) is 0 Å². The first-order chi connectivity index (χ1) is 9.69. The maximum absolute atomic E-state index is 6.29. The van der Waals surface area contributed by atoms with Gasteiger partial charge in [0.1, 0.15) is 17.6 Å². The molecule has 0 amide bonds. The highest BCUT2D eigenvalue weighted by Gasteiger charge is 2.28. The van der Waals surface area contributed by atoms with Crippen LogP contribution in [0.25, 0.3) is 0 Å². The molecular weight excluding hydrogens is 252 g/mol. The number of rotatable bonds is 2. The number of aryl methyl sites for hydroxylation is 1. The monoisotopic (exact) mass is 270 g/mol. The Hall–Kier alpha value is -2.07. The number of fused-ring (bicyclic) bond motifs is 1. The Balaban J connectivity index is 1.95. The first-order valence-electron chi connectivity index (χ1n) is 6.69. The molecule has 0 bridgehead atoms. The van der Waals surface area contributed by atoms with Crippen molar-refractivity contribution in [3.05, 3.63) is 53.3 Å². The summed E-state index contributed by atoms with van der Waals surface area (Å²) in [5.74, 6) is 1.64. The number of ether oxygens (including phenoxy) is 2. The van der Waals surface area contributed by atoms with E-state index >= 15 is 0 Å². The topological polar surface area (TPSA) is 57.4 Å². The van der Waals surface area contributed by atoms with Gasteiger partial charge in [0.15, 0.2) is 0 Å². The van der Waals surface area contributed by atoms with Crippen molar-refractivity contribution >= 4 is 0 Å². The van der Waals surface area contributed by atoms with Crippen LogP contribution in [0, 0.1) is 6.92 Å². The van der Waals surface area contributed by atoms with Gasteiger partial charge in [-0.05, 0) is 36.8 Å². The van der Waals surface area contributed by atoms with Crippen LogP contribution in [0.3, 0.4) is 0 Å². The summed E-state index contributed by atoms with van der Waals surface area (Å²) < 4.78 is 11.3. The number of hydrogen-bond acceptors (Lipinski definition) is 4. The minimum absolute atomic E-state index is 0.0420. The van der Waals surface area contributed by atoms with Gasteiger partial charge in [0.05, 0.1) is 7.11 Å². The van der Waals surface area contributed by atoms with Crippen LogP contribution >= 0.6 is 0 Å². The lowest BCUT2D eigenvalue weighted by Gasteiger charge is -2.31. The largest absolute Gasteiger partial charge is 0.497 e. The molecule has 2 aromatic rings. The van der Waals surface area contributed by atoms with Crippen molar-refractivity contribution < 1.29 is 9.47 Å². The van der Waals surface area contributed by atoms with E-state index in [0.29, 0.717) is 0 Å². The molecular formula is C16H18N2O2. The Morgan fingerprint density at radius 1 is 1.30 bits per heavy atom. The van der Waals surface area contributed by atoms with Crippen LogP contribution < -0.4 is 15.2 Å². The van der Waals surface area contributed by atoms with Crippen LogP contribution in [-0.2, 0) is 0 Å². The smallest absolute Gasteiger partial charge is 0.127 e. The summed E-state index contributed by atoms with van der Waals surface area (Å²) in [6, 6.07) is 7.70. The maximum Gasteiger partial charge on any atom is 0.127 e. The molecule has 2 heterocycles. The molecule has 0 spiro atoms. The van der Waals surface area contributed by atoms with Crippen LogP contribution in [-0.4, -0.2) is 12.1 Å². The van der Waals surface area contributed by atoms with Crippen molar-refractivity contribution in [2.24, 2.45) is 5.73 Å². The number of methoxy groups -OCH3 is 1. The number of hydrogen-bond donors (Lipinski definition) is 1. The minimum Gasteiger partial charge on any atom is -0.497 e. The van der Waals surface area contributed by atoms with E-state index in [2.05, 4.69) is 11.9 Å². The van der Waals surface area contributed by atoms with E-state index < -0.39 is 0 Å². The summed E-state index contributed by atoms with van der Waals surface area (Å²) in [7, 11) is 1.65. The third-order valence-corrected chi connectivity index (χ3v) is 3.78. The van der Waals surface area contributed by atoms with Gasteiger partial charge < -0.3 is 15.2 Å². The van der Waals surface area contributed by atoms with Crippen molar-refractivity contribution in [3.8, 4) is 11.5 Å². The van der Waals surface area contributed by atoms with E-state index in [-0.39, 0.29) is 12.1 Å². The zero-order valence-corrected chi connectivity index (χ0v) is 11.7. The van der Waals surface area contributed by atoms with Gasteiger partial charge in [-0.3, -0.25) is 4.98 Å². The highest BCUT2D eigenvalue weighted by Crippen LogP contribution is 2.41. The van der Waals surface area contributed by atoms with Gasteiger partial charge in [0.2, 0.25) is 0 Å². The third kappa shape index (κ3) is 2.23. The molecule has 1 aromatic carbocycles. The molecule has 0 saturated heterocycles. The van der Waals surface area contributed by atoms with Crippen LogP contribution in [0.4, 0.5) is 0 Å². The lowest BCUT2D eigenvalue weighted by atomic mass is 9.92. The predicted molar refractivity (Wildman–Crippen MR) is 76.9 cm³/mol. The van der Waals surface area contributed by atoms with E-state index in [4.69, 9.17) is 15.2 Å². The quantitative estimate of drug-likeness (QED) is 0.911. The van der Waals surface area contributed by atoms with Crippen LogP contribution in [0.15, 0.2) is 36.7 Å². The molecule has 4 nitrogen and oxygen atoms in total. The maximum atomic E-state index is 6.29. The summed E-state index contributed by atoms with van der Waals surface area (Å²) in [6.45, 7) is 2.06. The van der Waals surface area contributed by atoms with Gasteiger partial charge in [0.25, 0.3) is 0 Å². The Morgan fingerprint density at radius 3 is 2.90 bits per heavy atom. The van der Waals surface area contributed by atoms with Crippen molar-refractivity contribution in [1.82, 2.24) is 4.98 Å². The fourth-order valence-corrected chi connectivity index (χ4v) is 2.61. The Bertz CT molecular complexity index is 628. The van der Waals surface area contributed by atoms with E-state index in [1.54, 1.807) is 13.3 Å². The highest BCUT2D eigenvalue weighted by molar-refractivity contribution is 5.44. The lowest BCUT2D eigenvalue weighted by molar-refractivity contribution is 0.160. The molecule has 1 aliphatic rings. The molecule has 1 aliphatic heterocycles. The predicted octanol–water partition coefficient (Wildman–Crippen LogP) is 2.92. The lowest BCUT2D eigenvalue weighted by Crippen LogP contribution is -2.24. The average molecular weight is 270 g/mol. The standard InChI is InChI=1S/C16H18N2O2/c1-10-5-6-18-9-13(10)16-8-14(17)12-7-11(19-2)3-4-15(12)20-16/h3-7,9,14,16H,8,17H2,1-2H3/t14-,16?/m1/s1. The Labute approximate surface area is 118 Å². The molecule has 1 unspecified atom stereocenters. The van der Waals surface area contributed by atoms with Gasteiger partial charge in [-0.2, -0.15) is 0 Å². The van der Waals surface area contributed by atoms with E-state index in [1.165, 1.54) is 5.56 Å². The first-order valence-corrected chi connectivity index (χ1v) is 6.69. The number of pyridine rings is 1. The van der Waals surface area contributed by atoms with Crippen molar-refractivity contribution in [3.63, 3.8) is 0 Å². The molecule has 4 heteroatoms. The minimum atomic E-state index is -0.0570. The molecule has 2 N–H and O–H groups in total. The summed E-state index contributed by atoms with van der Waals surface area (Å²) in [5, 5.41) is 0. The van der Waals surface area contributed by atoms with Gasteiger partial charge >= 0.3 is 0 Å². The fourth-order valence-electron chi connectivity index (χ4n) is 2.61. The number of benzene rings is 1. The summed E-state index contributed by atoms with van der Waals surface area (Å²) in [5.41, 5.74) is 9.57. The molecule has 0 fully saturated rings. The zero-order valence-electron chi connectivity index (χ0n) is 11.7. The SMILES string of the molecule is COc1ccc2c(c1)[C@H](N)CC(c1cnccc1C)O2. The second-order valence-corrected chi connectivity index (χ2v) is 5.08. The number of nitrogens with zero attached hydrogens (tertiary/aromatic N) is 1. The second-order valence-electron chi connectivity index (χ2n) is 5.08. The fraction of sp³-hybridized carbons (Fsp3) is 0.312. The summed E-state index contributed by atoms with van der Waals surface area (Å²) in [4.78, 5) is 4.19. The first kappa shape index (κ1) is 12.9. The summed E-state index contributed by atoms with van der Waals surface area (Å²) in [6.07, 6.45) is 4.36. The van der Waals surface area contributed by atoms with Crippen molar-refractivity contribution in [1.29, 1.82) is 0 Å². The third-order valence-electron chi connectivity index (χ3n) is 3.78. The van der Waals surface area contributed by atoms with Crippen LogP contribution in [0.2, 0.25) is 0 Å². The number of nitrogens with two attached hydrogens (primary N) is 1. The zero-order chi connectivity index (χ0) is 14.1. The normalized spacial score (nSPS) is 20.9. The average Bonchev–Trinajstić information content (AvgIpc) is 2.47. The number of aromatic nitrogens is 1. The van der Waals surface area contributed by atoms with Crippen LogP contribution in [0.5, 0.6) is 11.5 Å². The molecule has 3 rings (SSSR count). The molecule has 2 atom stereocenters. The molecule has 1 aromatic heterocycles. The van der Waals surface area contributed by atoms with Crippen molar-refractivity contribution in [2.45, 2.75) is 25.5 Å². The van der Waals surface area contributed by atoms with E-state index in [0.717, 1.165) is 29.0 Å². The van der Waals surface area contributed by atoms with Crippen molar-refractivity contribution in [2.75, 3.05) is 7.11 Å². The molecule has 0 saturated carbocycles. The van der Waals surface area contributed by atoms with Gasteiger partial charge in [-0.25, -0.2) is 0 Å². The Morgan fingerprint density at radius 2 is 2.15 bits per heavy atom. The Kier molecular flexibility index (Phi) is 3.32. The molecule has 0 radical (unpaired) electrons. The van der Waals surface area contributed by atoms with Gasteiger partial charge in [0, 0.05) is 36.0 Å². The van der Waals surface area contributed by atoms with Crippen LogP contribution in [0.1, 0.15) is 35.3 Å².